The van der Waals surface area contributed by atoms with Crippen molar-refractivity contribution in [3.05, 3.63) is 23.8 Å². The fraction of sp³-hybridized carbons (Fsp3) is 0.636. The van der Waals surface area contributed by atoms with E-state index in [0.29, 0.717) is 24.3 Å². The largest absolute Gasteiger partial charge is 0.493 e. The van der Waals surface area contributed by atoms with E-state index in [-0.39, 0.29) is 11.9 Å². The molecule has 1 atom stereocenters. The third-order valence-electron chi connectivity index (χ3n) is 5.34. The second kappa shape index (κ2) is 9.80. The molecule has 3 rings (SSSR count). The van der Waals surface area contributed by atoms with Crippen LogP contribution in [0.3, 0.4) is 0 Å². The number of rotatable bonds is 8. The van der Waals surface area contributed by atoms with E-state index >= 15 is 0 Å². The maximum absolute atomic E-state index is 12.6. The van der Waals surface area contributed by atoms with Crippen molar-refractivity contribution in [2.24, 2.45) is 11.0 Å². The Labute approximate surface area is 168 Å². The predicted octanol–water partition coefficient (Wildman–Crippen LogP) is 3.59. The maximum atomic E-state index is 12.6. The van der Waals surface area contributed by atoms with Crippen LogP contribution >= 0.6 is 0 Å². The number of nitrogens with one attached hydrogen (secondary N) is 1. The van der Waals surface area contributed by atoms with Gasteiger partial charge in [-0.2, -0.15) is 5.10 Å². The van der Waals surface area contributed by atoms with Gasteiger partial charge in [0.25, 0.3) is 0 Å². The van der Waals surface area contributed by atoms with Crippen molar-refractivity contribution in [3.8, 4) is 11.5 Å². The van der Waals surface area contributed by atoms with E-state index in [2.05, 4.69) is 24.3 Å². The molecule has 1 saturated heterocycles. The molecule has 1 aromatic rings. The van der Waals surface area contributed by atoms with E-state index in [1.807, 2.05) is 29.4 Å². The molecule has 28 heavy (non-hydrogen) atoms. The van der Waals surface area contributed by atoms with Crippen molar-refractivity contribution in [1.29, 1.82) is 0 Å². The summed E-state index contributed by atoms with van der Waals surface area (Å²) in [6.45, 7) is 5.67. The van der Waals surface area contributed by atoms with Gasteiger partial charge in [-0.25, -0.2) is 0 Å². The summed E-state index contributed by atoms with van der Waals surface area (Å²) in [6, 6.07) is 5.97. The molecule has 1 aliphatic carbocycles. The molecule has 1 amide bonds. The summed E-state index contributed by atoms with van der Waals surface area (Å²) in [5.74, 6) is 1.99. The summed E-state index contributed by atoms with van der Waals surface area (Å²) in [7, 11) is 1.64. The molecular weight excluding hydrogens is 354 g/mol. The molecule has 0 bridgehead atoms. The Morgan fingerprint density at radius 2 is 2.04 bits per heavy atom. The number of nitrogens with zero attached hydrogens (tertiary/aromatic N) is 2. The van der Waals surface area contributed by atoms with Gasteiger partial charge in [-0.3, -0.25) is 9.80 Å². The van der Waals surface area contributed by atoms with Crippen molar-refractivity contribution in [2.45, 2.75) is 64.5 Å². The number of amides is 1. The predicted molar refractivity (Wildman–Crippen MR) is 111 cm³/mol. The SMILES string of the molecule is COc1ccc(/C=N/N2CCC[C@H]2C(=O)NC2CCCC2)cc1OCC(C)C. The first-order valence-corrected chi connectivity index (χ1v) is 10.5. The summed E-state index contributed by atoms with van der Waals surface area (Å²) >= 11 is 0. The highest BCUT2D eigenvalue weighted by atomic mass is 16.5. The van der Waals surface area contributed by atoms with Gasteiger partial charge < -0.3 is 14.8 Å². The van der Waals surface area contributed by atoms with Crippen LogP contribution in [0.2, 0.25) is 0 Å². The standard InChI is InChI=1S/C22H33N3O3/c1-16(2)15-28-21-13-17(10-11-20(21)27-3)14-23-25-12-6-9-19(25)22(26)24-18-7-4-5-8-18/h10-11,13-14,16,18-19H,4-9,12,15H2,1-3H3,(H,24,26)/b23-14+/t19-/m0/s1. The lowest BCUT2D eigenvalue weighted by molar-refractivity contribution is -0.126. The fourth-order valence-corrected chi connectivity index (χ4v) is 3.81. The lowest BCUT2D eigenvalue weighted by Crippen LogP contribution is -2.44. The molecule has 2 aliphatic rings. The number of hydrogen-bond donors (Lipinski definition) is 1. The average Bonchev–Trinajstić information content (AvgIpc) is 3.36. The van der Waals surface area contributed by atoms with E-state index < -0.39 is 0 Å². The van der Waals surface area contributed by atoms with Gasteiger partial charge in [0, 0.05) is 12.6 Å². The fourth-order valence-electron chi connectivity index (χ4n) is 3.81. The van der Waals surface area contributed by atoms with Crippen LogP contribution < -0.4 is 14.8 Å². The second-order valence-corrected chi connectivity index (χ2v) is 8.17. The van der Waals surface area contributed by atoms with Crippen molar-refractivity contribution in [3.63, 3.8) is 0 Å². The molecule has 1 N–H and O–H groups in total. The molecule has 0 spiro atoms. The van der Waals surface area contributed by atoms with Crippen LogP contribution in [0.25, 0.3) is 0 Å². The maximum Gasteiger partial charge on any atom is 0.244 e. The van der Waals surface area contributed by atoms with Crippen LogP contribution in [0, 0.1) is 5.92 Å². The van der Waals surface area contributed by atoms with Crippen LogP contribution in [-0.4, -0.2) is 49.5 Å². The highest BCUT2D eigenvalue weighted by molar-refractivity contribution is 5.83. The summed E-state index contributed by atoms with van der Waals surface area (Å²) in [5, 5.41) is 9.74. The molecule has 1 aromatic carbocycles. The van der Waals surface area contributed by atoms with E-state index in [1.54, 1.807) is 7.11 Å². The van der Waals surface area contributed by atoms with Crippen molar-refractivity contribution >= 4 is 12.1 Å². The first-order chi connectivity index (χ1) is 13.6. The Hall–Kier alpha value is -2.24. The number of hydrogen-bond acceptors (Lipinski definition) is 5. The Morgan fingerprint density at radius 1 is 1.25 bits per heavy atom. The molecule has 1 aliphatic heterocycles. The van der Waals surface area contributed by atoms with Gasteiger partial charge in [0.05, 0.1) is 19.9 Å². The van der Waals surface area contributed by atoms with Gasteiger partial charge >= 0.3 is 0 Å². The Kier molecular flexibility index (Phi) is 7.18. The van der Waals surface area contributed by atoms with Crippen molar-refractivity contribution in [2.75, 3.05) is 20.3 Å². The van der Waals surface area contributed by atoms with Gasteiger partial charge in [-0.15, -0.1) is 0 Å². The summed E-state index contributed by atoms with van der Waals surface area (Å²) in [6.07, 6.45) is 8.31. The number of benzene rings is 1. The van der Waals surface area contributed by atoms with Crippen LogP contribution in [0.15, 0.2) is 23.3 Å². The molecule has 1 heterocycles. The Bertz CT molecular complexity index is 684. The van der Waals surface area contributed by atoms with Crippen LogP contribution in [0.4, 0.5) is 0 Å². The zero-order valence-electron chi connectivity index (χ0n) is 17.3. The number of ether oxygens (including phenoxy) is 2. The van der Waals surface area contributed by atoms with Gasteiger partial charge in [0.2, 0.25) is 5.91 Å². The monoisotopic (exact) mass is 387 g/mol. The number of carbonyl (C=O) groups excluding carboxylic acids is 1. The van der Waals surface area contributed by atoms with Gasteiger partial charge in [0.15, 0.2) is 11.5 Å². The first-order valence-electron chi connectivity index (χ1n) is 10.5. The Balaban J connectivity index is 1.64. The normalized spacial score (nSPS) is 20.3. The lowest BCUT2D eigenvalue weighted by atomic mass is 10.2. The summed E-state index contributed by atoms with van der Waals surface area (Å²) in [4.78, 5) is 12.6. The minimum absolute atomic E-state index is 0.122. The lowest BCUT2D eigenvalue weighted by Gasteiger charge is -2.22. The molecule has 2 fully saturated rings. The highest BCUT2D eigenvalue weighted by Gasteiger charge is 2.31. The molecule has 1 saturated carbocycles. The summed E-state index contributed by atoms with van der Waals surface area (Å²) < 4.78 is 11.3. The second-order valence-electron chi connectivity index (χ2n) is 8.17. The van der Waals surface area contributed by atoms with E-state index in [0.717, 1.165) is 43.5 Å². The Morgan fingerprint density at radius 3 is 2.75 bits per heavy atom. The molecular formula is C22H33N3O3. The van der Waals surface area contributed by atoms with Crippen LogP contribution in [-0.2, 0) is 4.79 Å². The van der Waals surface area contributed by atoms with Gasteiger partial charge in [-0.05, 0) is 55.4 Å². The van der Waals surface area contributed by atoms with Gasteiger partial charge in [-0.1, -0.05) is 26.7 Å². The average molecular weight is 388 g/mol. The third-order valence-corrected chi connectivity index (χ3v) is 5.34. The minimum Gasteiger partial charge on any atom is -0.493 e. The molecule has 0 unspecified atom stereocenters. The molecule has 0 aromatic heterocycles. The molecule has 0 radical (unpaired) electrons. The molecule has 154 valence electrons. The van der Waals surface area contributed by atoms with E-state index in [1.165, 1.54) is 12.8 Å². The van der Waals surface area contributed by atoms with Gasteiger partial charge in [0.1, 0.15) is 6.04 Å². The first kappa shape index (κ1) is 20.5. The zero-order valence-corrected chi connectivity index (χ0v) is 17.3. The topological polar surface area (TPSA) is 63.2 Å². The van der Waals surface area contributed by atoms with E-state index in [4.69, 9.17) is 9.47 Å². The molecule has 6 nitrogen and oxygen atoms in total. The minimum atomic E-state index is -0.160. The van der Waals surface area contributed by atoms with E-state index in [9.17, 15) is 4.79 Å². The number of methoxy groups -OCH3 is 1. The quantitative estimate of drug-likeness (QED) is 0.693. The molecule has 6 heteroatoms. The highest BCUT2D eigenvalue weighted by Crippen LogP contribution is 2.28. The smallest absolute Gasteiger partial charge is 0.244 e. The summed E-state index contributed by atoms with van der Waals surface area (Å²) in [5.41, 5.74) is 0.932. The van der Waals surface area contributed by atoms with Crippen LogP contribution in [0.1, 0.15) is 57.9 Å². The van der Waals surface area contributed by atoms with Crippen molar-refractivity contribution < 1.29 is 14.3 Å². The van der Waals surface area contributed by atoms with Crippen LogP contribution in [0.5, 0.6) is 11.5 Å². The number of hydrazone groups is 1. The van der Waals surface area contributed by atoms with Crippen molar-refractivity contribution in [1.82, 2.24) is 10.3 Å². The zero-order chi connectivity index (χ0) is 19.9. The number of carbonyl (C=O) groups is 1. The third kappa shape index (κ3) is 5.40.